The molecule has 4 heteroatoms. The molecular weight excluding hydrogens is 264 g/mol. The fourth-order valence-corrected chi connectivity index (χ4v) is 4.06. The van der Waals surface area contributed by atoms with Crippen LogP contribution in [0, 0.1) is 23.7 Å². The maximum absolute atomic E-state index is 12.7. The van der Waals surface area contributed by atoms with Crippen molar-refractivity contribution in [1.29, 1.82) is 0 Å². The van der Waals surface area contributed by atoms with Crippen LogP contribution in [0.15, 0.2) is 36.4 Å². The SMILES string of the molecule is CN(C)c1ccc(N2C(=O)[C@@H]3[C@@H](C2=O)[C@@H]2C=C[C@@H]3C2)cc1. The van der Waals surface area contributed by atoms with Gasteiger partial charge in [0.25, 0.3) is 0 Å². The Morgan fingerprint density at radius 2 is 1.48 bits per heavy atom. The second kappa shape index (κ2) is 4.20. The first-order valence-corrected chi connectivity index (χ1v) is 7.41. The molecule has 1 saturated carbocycles. The highest BCUT2D eigenvalue weighted by Crippen LogP contribution is 2.53. The van der Waals surface area contributed by atoms with E-state index in [2.05, 4.69) is 12.2 Å². The van der Waals surface area contributed by atoms with E-state index in [9.17, 15) is 9.59 Å². The predicted molar refractivity (Wildman–Crippen MR) is 81.0 cm³/mol. The summed E-state index contributed by atoms with van der Waals surface area (Å²) in [5.74, 6) is 0.256. The minimum absolute atomic E-state index is 0.0144. The summed E-state index contributed by atoms with van der Waals surface area (Å²) < 4.78 is 0. The van der Waals surface area contributed by atoms with Crippen molar-refractivity contribution in [2.45, 2.75) is 6.42 Å². The number of benzene rings is 1. The standard InChI is InChI=1S/C17H18N2O2/c1-18(2)12-5-7-13(8-6-12)19-16(20)14-10-3-4-11(9-10)15(14)17(19)21/h3-8,10-11,14-15H,9H2,1-2H3/t10-,11-,14+,15+/m1/s1. The van der Waals surface area contributed by atoms with Crippen molar-refractivity contribution in [1.82, 2.24) is 0 Å². The molecule has 1 aromatic rings. The summed E-state index contributed by atoms with van der Waals surface area (Å²) in [7, 11) is 3.93. The Hall–Kier alpha value is -2.10. The van der Waals surface area contributed by atoms with Crippen LogP contribution < -0.4 is 9.80 Å². The molecule has 1 saturated heterocycles. The Bertz CT molecular complexity index is 617. The Morgan fingerprint density at radius 3 is 1.95 bits per heavy atom. The van der Waals surface area contributed by atoms with Gasteiger partial charge in [-0.15, -0.1) is 0 Å². The number of allylic oxidation sites excluding steroid dienone is 2. The maximum Gasteiger partial charge on any atom is 0.238 e. The van der Waals surface area contributed by atoms with Crippen LogP contribution in [0.1, 0.15) is 6.42 Å². The summed E-state index contributed by atoms with van der Waals surface area (Å²) in [5.41, 5.74) is 1.75. The van der Waals surface area contributed by atoms with Crippen molar-refractivity contribution in [3.05, 3.63) is 36.4 Å². The second-order valence-corrected chi connectivity index (χ2v) is 6.42. The molecule has 1 aliphatic heterocycles. The van der Waals surface area contributed by atoms with Crippen LogP contribution in [-0.2, 0) is 9.59 Å². The molecule has 1 heterocycles. The molecule has 0 aromatic heterocycles. The van der Waals surface area contributed by atoms with Gasteiger partial charge in [-0.05, 0) is 42.5 Å². The lowest BCUT2D eigenvalue weighted by atomic mass is 9.85. The first-order valence-electron chi connectivity index (χ1n) is 7.41. The molecule has 0 unspecified atom stereocenters. The van der Waals surface area contributed by atoms with Gasteiger partial charge in [-0.2, -0.15) is 0 Å². The van der Waals surface area contributed by atoms with Crippen molar-refractivity contribution in [2.24, 2.45) is 23.7 Å². The quantitative estimate of drug-likeness (QED) is 0.616. The van der Waals surface area contributed by atoms with Gasteiger partial charge in [0.1, 0.15) is 0 Å². The minimum Gasteiger partial charge on any atom is -0.378 e. The van der Waals surface area contributed by atoms with Gasteiger partial charge in [0.15, 0.2) is 0 Å². The summed E-state index contributed by atoms with van der Waals surface area (Å²) in [6.45, 7) is 0. The molecule has 21 heavy (non-hydrogen) atoms. The van der Waals surface area contributed by atoms with Crippen LogP contribution in [0.2, 0.25) is 0 Å². The van der Waals surface area contributed by atoms with Crippen LogP contribution >= 0.6 is 0 Å². The Kier molecular flexibility index (Phi) is 2.52. The first kappa shape index (κ1) is 12.6. The van der Waals surface area contributed by atoms with Crippen LogP contribution in [0.4, 0.5) is 11.4 Å². The summed E-state index contributed by atoms with van der Waals surface area (Å²) in [4.78, 5) is 28.7. The van der Waals surface area contributed by atoms with E-state index in [1.54, 1.807) is 0 Å². The molecule has 2 fully saturated rings. The van der Waals surface area contributed by atoms with Crippen LogP contribution in [0.5, 0.6) is 0 Å². The number of carbonyl (C=O) groups is 2. The molecule has 4 rings (SSSR count). The zero-order chi connectivity index (χ0) is 14.7. The molecule has 4 nitrogen and oxygen atoms in total. The van der Waals surface area contributed by atoms with Crippen LogP contribution in [0.25, 0.3) is 0 Å². The fraction of sp³-hybridized carbons (Fsp3) is 0.412. The average Bonchev–Trinajstić information content (AvgIpc) is 3.13. The van der Waals surface area contributed by atoms with E-state index >= 15 is 0 Å². The third-order valence-corrected chi connectivity index (χ3v) is 5.09. The number of fused-ring (bicyclic) bond motifs is 5. The highest BCUT2D eigenvalue weighted by atomic mass is 16.2. The van der Waals surface area contributed by atoms with E-state index in [1.807, 2.05) is 43.3 Å². The van der Waals surface area contributed by atoms with Gasteiger partial charge in [-0.25, -0.2) is 0 Å². The number of anilines is 2. The smallest absolute Gasteiger partial charge is 0.238 e. The summed E-state index contributed by atoms with van der Waals surface area (Å²) >= 11 is 0. The fourth-order valence-electron chi connectivity index (χ4n) is 4.06. The number of rotatable bonds is 2. The van der Waals surface area contributed by atoms with Crippen molar-refractivity contribution in [3.63, 3.8) is 0 Å². The zero-order valence-electron chi connectivity index (χ0n) is 12.2. The molecule has 0 spiro atoms. The number of amides is 2. The second-order valence-electron chi connectivity index (χ2n) is 6.42. The van der Waals surface area contributed by atoms with Crippen molar-refractivity contribution >= 4 is 23.2 Å². The Balaban J connectivity index is 1.68. The molecule has 0 N–H and O–H groups in total. The van der Waals surface area contributed by atoms with Crippen LogP contribution in [-0.4, -0.2) is 25.9 Å². The van der Waals surface area contributed by atoms with Gasteiger partial charge in [0.05, 0.1) is 17.5 Å². The lowest BCUT2D eigenvalue weighted by molar-refractivity contribution is -0.123. The van der Waals surface area contributed by atoms with Crippen molar-refractivity contribution < 1.29 is 9.59 Å². The van der Waals surface area contributed by atoms with Crippen molar-refractivity contribution in [3.8, 4) is 0 Å². The maximum atomic E-state index is 12.7. The normalized spacial score (nSPS) is 33.0. The minimum atomic E-state index is -0.124. The van der Waals surface area contributed by atoms with Crippen LogP contribution in [0.3, 0.4) is 0 Å². The topological polar surface area (TPSA) is 40.6 Å². The third-order valence-electron chi connectivity index (χ3n) is 5.09. The highest BCUT2D eigenvalue weighted by Gasteiger charge is 2.59. The third kappa shape index (κ3) is 1.62. The van der Waals surface area contributed by atoms with Gasteiger partial charge in [0.2, 0.25) is 11.8 Å². The first-order chi connectivity index (χ1) is 10.1. The monoisotopic (exact) mass is 282 g/mol. The van der Waals surface area contributed by atoms with E-state index in [1.165, 1.54) is 4.90 Å². The van der Waals surface area contributed by atoms with E-state index < -0.39 is 0 Å². The largest absolute Gasteiger partial charge is 0.378 e. The molecule has 0 radical (unpaired) electrons. The zero-order valence-corrected chi connectivity index (χ0v) is 12.2. The van der Waals surface area contributed by atoms with Gasteiger partial charge in [-0.1, -0.05) is 12.2 Å². The lowest BCUT2D eigenvalue weighted by Gasteiger charge is -2.19. The number of hydrogen-bond acceptors (Lipinski definition) is 3. The number of imide groups is 1. The predicted octanol–water partition coefficient (Wildman–Crippen LogP) is 2.06. The van der Waals surface area contributed by atoms with E-state index in [0.29, 0.717) is 5.69 Å². The number of hydrogen-bond donors (Lipinski definition) is 0. The van der Waals surface area contributed by atoms with Gasteiger partial charge < -0.3 is 4.90 Å². The summed E-state index contributed by atoms with van der Waals surface area (Å²) in [6, 6.07) is 7.61. The summed E-state index contributed by atoms with van der Waals surface area (Å²) in [6.07, 6.45) is 5.21. The molecule has 2 aliphatic carbocycles. The lowest BCUT2D eigenvalue weighted by Crippen LogP contribution is -2.32. The molecule has 108 valence electrons. The van der Waals surface area contributed by atoms with Gasteiger partial charge >= 0.3 is 0 Å². The molecule has 2 bridgehead atoms. The average molecular weight is 282 g/mol. The number of nitrogens with zero attached hydrogens (tertiary/aromatic N) is 2. The van der Waals surface area contributed by atoms with Crippen molar-refractivity contribution in [2.75, 3.05) is 23.9 Å². The number of carbonyl (C=O) groups excluding carboxylic acids is 2. The molecule has 2 amide bonds. The highest BCUT2D eigenvalue weighted by molar-refractivity contribution is 6.22. The molecule has 1 aromatic carbocycles. The molecule has 3 aliphatic rings. The summed E-state index contributed by atoms with van der Waals surface area (Å²) in [5, 5.41) is 0. The van der Waals surface area contributed by atoms with E-state index in [-0.39, 0.29) is 35.5 Å². The molecular formula is C17H18N2O2. The van der Waals surface area contributed by atoms with E-state index in [0.717, 1.165) is 12.1 Å². The van der Waals surface area contributed by atoms with Gasteiger partial charge in [0, 0.05) is 19.8 Å². The van der Waals surface area contributed by atoms with Gasteiger partial charge in [-0.3, -0.25) is 14.5 Å². The van der Waals surface area contributed by atoms with E-state index in [4.69, 9.17) is 0 Å². The Labute approximate surface area is 124 Å². The Morgan fingerprint density at radius 1 is 0.952 bits per heavy atom. The molecule has 4 atom stereocenters.